The maximum absolute atomic E-state index is 11.8. The predicted molar refractivity (Wildman–Crippen MR) is 153 cm³/mol. The molecule has 0 spiro atoms. The third-order valence-electron chi connectivity index (χ3n) is 11.3. The first-order chi connectivity index (χ1) is 18.0. The van der Waals surface area contributed by atoms with Gasteiger partial charge in [-0.15, -0.1) is 0 Å². The zero-order chi connectivity index (χ0) is 26.3. The molecule has 0 radical (unpaired) electrons. The molecular formula is C35H55O2-. The van der Waals surface area contributed by atoms with E-state index in [1.165, 1.54) is 89.9 Å². The fraction of sp³-hybridized carbons (Fsp3) is 0.800. The number of unbranched alkanes of at least 4 members (excludes halogenated alkanes) is 2. The normalized spacial score (nSPS) is 33.6. The van der Waals surface area contributed by atoms with E-state index in [0.29, 0.717) is 11.8 Å². The fourth-order valence-electron chi connectivity index (χ4n) is 8.94. The van der Waals surface area contributed by atoms with Crippen molar-refractivity contribution < 1.29 is 9.90 Å². The summed E-state index contributed by atoms with van der Waals surface area (Å²) in [4.78, 5) is 11.8. The van der Waals surface area contributed by atoms with Gasteiger partial charge in [0.05, 0.1) is 0 Å². The number of carbonyl (C=O) groups is 1. The van der Waals surface area contributed by atoms with Crippen LogP contribution in [0.1, 0.15) is 153 Å². The highest BCUT2D eigenvalue weighted by atomic mass is 16.4. The Morgan fingerprint density at radius 1 is 0.838 bits per heavy atom. The quantitative estimate of drug-likeness (QED) is 0.280. The molecule has 3 fully saturated rings. The summed E-state index contributed by atoms with van der Waals surface area (Å²) in [5, 5.41) is 11.8. The summed E-state index contributed by atoms with van der Waals surface area (Å²) >= 11 is 0. The number of hydrogen-bond donors (Lipinski definition) is 0. The number of hydrogen-bond acceptors (Lipinski definition) is 2. The van der Waals surface area contributed by atoms with Crippen LogP contribution in [-0.4, -0.2) is 5.97 Å². The van der Waals surface area contributed by atoms with Crippen LogP contribution in [0.25, 0.3) is 0 Å². The van der Waals surface area contributed by atoms with Gasteiger partial charge in [0.15, 0.2) is 0 Å². The largest absolute Gasteiger partial charge is 0.550 e. The Balaban J connectivity index is 1.55. The number of carbonyl (C=O) groups excluding carboxylic acids is 1. The summed E-state index contributed by atoms with van der Waals surface area (Å²) in [6.07, 6.45) is 22.9. The van der Waals surface area contributed by atoms with Crippen LogP contribution in [0, 0.1) is 29.6 Å². The Labute approximate surface area is 228 Å². The fourth-order valence-corrected chi connectivity index (χ4v) is 8.94. The van der Waals surface area contributed by atoms with Gasteiger partial charge in [0.25, 0.3) is 0 Å². The van der Waals surface area contributed by atoms with Crippen molar-refractivity contribution in [3.05, 3.63) is 35.4 Å². The molecule has 3 saturated carbocycles. The van der Waals surface area contributed by atoms with Crippen LogP contribution in [0.4, 0.5) is 0 Å². The van der Waals surface area contributed by atoms with Crippen molar-refractivity contribution in [3.8, 4) is 0 Å². The van der Waals surface area contributed by atoms with Crippen LogP contribution >= 0.6 is 0 Å². The summed E-state index contributed by atoms with van der Waals surface area (Å²) < 4.78 is 0. The van der Waals surface area contributed by atoms with Crippen LogP contribution in [0.3, 0.4) is 0 Å². The maximum atomic E-state index is 11.8. The molecule has 208 valence electrons. The molecule has 0 bridgehead atoms. The minimum Gasteiger partial charge on any atom is -0.550 e. The lowest BCUT2D eigenvalue weighted by Gasteiger charge is -2.50. The van der Waals surface area contributed by atoms with Gasteiger partial charge < -0.3 is 9.90 Å². The van der Waals surface area contributed by atoms with Gasteiger partial charge in [-0.25, -0.2) is 0 Å². The Hall–Kier alpha value is -1.31. The molecule has 0 N–H and O–H groups in total. The predicted octanol–water partition coefficient (Wildman–Crippen LogP) is 8.96. The van der Waals surface area contributed by atoms with Crippen molar-refractivity contribution in [2.75, 3.05) is 0 Å². The average molecular weight is 508 g/mol. The molecule has 0 heterocycles. The van der Waals surface area contributed by atoms with Crippen molar-refractivity contribution in [3.63, 3.8) is 0 Å². The zero-order valence-corrected chi connectivity index (χ0v) is 24.3. The van der Waals surface area contributed by atoms with E-state index in [0.717, 1.165) is 43.4 Å². The molecule has 0 aliphatic heterocycles. The van der Waals surface area contributed by atoms with E-state index in [1.807, 2.05) is 0 Å². The van der Waals surface area contributed by atoms with Crippen molar-refractivity contribution in [1.82, 2.24) is 0 Å². The SMILES string of the molecule is CCCCCC1CCC(C2(c3ccccc3C(C)C3CCC(CCC)CC3)CCC(C(=O)[O-])CC2)CC1. The van der Waals surface area contributed by atoms with Gasteiger partial charge in [-0.3, -0.25) is 0 Å². The number of aliphatic carboxylic acids is 1. The lowest BCUT2D eigenvalue weighted by molar-refractivity contribution is -0.312. The van der Waals surface area contributed by atoms with Gasteiger partial charge in [-0.1, -0.05) is 109 Å². The van der Waals surface area contributed by atoms with Gasteiger partial charge in [0, 0.05) is 5.97 Å². The molecular weight excluding hydrogens is 452 g/mol. The molecule has 3 aliphatic carbocycles. The molecule has 37 heavy (non-hydrogen) atoms. The minimum absolute atomic E-state index is 0.157. The molecule has 2 heteroatoms. The molecule has 1 aromatic carbocycles. The van der Waals surface area contributed by atoms with Gasteiger partial charge >= 0.3 is 0 Å². The first-order valence-corrected chi connectivity index (χ1v) is 16.3. The number of carboxylic acids is 1. The topological polar surface area (TPSA) is 40.1 Å². The highest BCUT2D eigenvalue weighted by Gasteiger charge is 2.46. The summed E-state index contributed by atoms with van der Waals surface area (Å²) in [6.45, 7) is 7.14. The van der Waals surface area contributed by atoms with E-state index < -0.39 is 5.97 Å². The summed E-state index contributed by atoms with van der Waals surface area (Å²) in [5.41, 5.74) is 3.35. The number of rotatable bonds is 11. The van der Waals surface area contributed by atoms with Crippen molar-refractivity contribution in [2.24, 2.45) is 29.6 Å². The van der Waals surface area contributed by atoms with Gasteiger partial charge in [0.2, 0.25) is 0 Å². The van der Waals surface area contributed by atoms with Crippen molar-refractivity contribution in [1.29, 1.82) is 0 Å². The second kappa shape index (κ2) is 13.7. The standard InChI is InChI=1S/C35H56O2/c1-4-6-7-11-28-16-20-31(21-17-28)35(24-22-30(23-25-35)34(36)37)33-13-9-8-12-32(33)26(3)29-18-14-27(10-5-2)15-19-29/h8-9,12-13,26-31H,4-7,10-11,14-25H2,1-3H3,(H,36,37)/p-1. The molecule has 1 unspecified atom stereocenters. The van der Waals surface area contributed by atoms with E-state index in [-0.39, 0.29) is 11.3 Å². The zero-order valence-electron chi connectivity index (χ0n) is 24.3. The number of carboxylic acid groups (broad SMARTS) is 1. The second-order valence-electron chi connectivity index (χ2n) is 13.4. The molecule has 3 aliphatic rings. The third-order valence-corrected chi connectivity index (χ3v) is 11.3. The van der Waals surface area contributed by atoms with Crippen molar-refractivity contribution >= 4 is 5.97 Å². The monoisotopic (exact) mass is 507 g/mol. The van der Waals surface area contributed by atoms with Crippen LogP contribution in [-0.2, 0) is 10.2 Å². The Morgan fingerprint density at radius 3 is 2.08 bits per heavy atom. The van der Waals surface area contributed by atoms with E-state index in [2.05, 4.69) is 45.0 Å². The Bertz CT molecular complexity index is 819. The second-order valence-corrected chi connectivity index (χ2v) is 13.4. The third kappa shape index (κ3) is 6.83. The molecule has 0 amide bonds. The smallest absolute Gasteiger partial charge is 0.0445 e. The van der Waals surface area contributed by atoms with Crippen LogP contribution in [0.15, 0.2) is 24.3 Å². The molecule has 0 aromatic heterocycles. The maximum Gasteiger partial charge on any atom is 0.0445 e. The van der Waals surface area contributed by atoms with E-state index in [9.17, 15) is 9.90 Å². The van der Waals surface area contributed by atoms with Gasteiger partial charge in [0.1, 0.15) is 0 Å². The molecule has 1 aromatic rings. The van der Waals surface area contributed by atoms with Gasteiger partial charge in [-0.05, 0) is 103 Å². The molecule has 0 saturated heterocycles. The van der Waals surface area contributed by atoms with Crippen LogP contribution in [0.2, 0.25) is 0 Å². The average Bonchev–Trinajstić information content (AvgIpc) is 2.94. The van der Waals surface area contributed by atoms with Crippen molar-refractivity contribution in [2.45, 2.75) is 148 Å². The summed E-state index contributed by atoms with van der Waals surface area (Å²) in [6, 6.07) is 9.44. The molecule has 2 nitrogen and oxygen atoms in total. The highest BCUT2D eigenvalue weighted by molar-refractivity contribution is 5.67. The van der Waals surface area contributed by atoms with Crippen LogP contribution < -0.4 is 5.11 Å². The minimum atomic E-state index is -0.821. The Kier molecular flexibility index (Phi) is 10.6. The first-order valence-electron chi connectivity index (χ1n) is 16.3. The van der Waals surface area contributed by atoms with Gasteiger partial charge in [-0.2, -0.15) is 0 Å². The highest BCUT2D eigenvalue weighted by Crippen LogP contribution is 2.54. The van der Waals surface area contributed by atoms with Crippen LogP contribution in [0.5, 0.6) is 0 Å². The van der Waals surface area contributed by atoms with E-state index in [1.54, 1.807) is 11.1 Å². The summed E-state index contributed by atoms with van der Waals surface area (Å²) in [7, 11) is 0. The number of benzene rings is 1. The summed E-state index contributed by atoms with van der Waals surface area (Å²) in [5.74, 6) is 2.87. The lowest BCUT2D eigenvalue weighted by Crippen LogP contribution is -2.45. The molecule has 4 rings (SSSR count). The molecule has 1 atom stereocenters. The van der Waals surface area contributed by atoms with E-state index in [4.69, 9.17) is 0 Å². The Morgan fingerprint density at radius 2 is 1.46 bits per heavy atom. The first kappa shape index (κ1) is 28.7. The van der Waals surface area contributed by atoms with E-state index >= 15 is 0 Å². The lowest BCUT2D eigenvalue weighted by atomic mass is 9.55.